The van der Waals surface area contributed by atoms with Crippen molar-refractivity contribution in [3.8, 4) is 5.75 Å². The summed E-state index contributed by atoms with van der Waals surface area (Å²) in [5.41, 5.74) is 2.35. The lowest BCUT2D eigenvalue weighted by Crippen LogP contribution is -2.10. The number of pyridine rings is 1. The molecule has 0 unspecified atom stereocenters. The van der Waals surface area contributed by atoms with Gasteiger partial charge in [0.1, 0.15) is 11.3 Å². The van der Waals surface area contributed by atoms with Crippen molar-refractivity contribution in [2.45, 2.75) is 26.2 Å². The second-order valence-corrected chi connectivity index (χ2v) is 4.68. The van der Waals surface area contributed by atoms with E-state index in [4.69, 9.17) is 4.74 Å². The molecule has 0 amide bonds. The first-order valence-corrected chi connectivity index (χ1v) is 5.05. The second-order valence-electron chi connectivity index (χ2n) is 4.68. The summed E-state index contributed by atoms with van der Waals surface area (Å²) in [5.74, 6) is 0.875. The largest absolute Gasteiger partial charge is 0.494 e. The Morgan fingerprint density at radius 1 is 1.33 bits per heavy atom. The number of hydrogen-bond acceptors (Lipinski definition) is 2. The monoisotopic (exact) mass is 204 g/mol. The van der Waals surface area contributed by atoms with Crippen LogP contribution in [0.4, 0.5) is 0 Å². The van der Waals surface area contributed by atoms with Crippen LogP contribution in [0.25, 0.3) is 5.52 Å². The van der Waals surface area contributed by atoms with E-state index in [9.17, 15) is 0 Å². The van der Waals surface area contributed by atoms with Gasteiger partial charge in [-0.05, 0) is 17.5 Å². The van der Waals surface area contributed by atoms with Crippen LogP contribution in [0.3, 0.4) is 0 Å². The van der Waals surface area contributed by atoms with Gasteiger partial charge in [-0.15, -0.1) is 0 Å². The summed E-state index contributed by atoms with van der Waals surface area (Å²) in [5, 5.41) is 4.33. The molecular weight excluding hydrogens is 188 g/mol. The van der Waals surface area contributed by atoms with Crippen molar-refractivity contribution in [1.82, 2.24) is 9.61 Å². The van der Waals surface area contributed by atoms with E-state index in [-0.39, 0.29) is 5.41 Å². The first kappa shape index (κ1) is 10.0. The molecule has 0 saturated heterocycles. The quantitative estimate of drug-likeness (QED) is 0.714. The number of methoxy groups -OCH3 is 1. The number of nitrogens with zero attached hydrogens (tertiary/aromatic N) is 2. The second kappa shape index (κ2) is 3.26. The van der Waals surface area contributed by atoms with Crippen LogP contribution in [0.15, 0.2) is 24.5 Å². The predicted molar refractivity (Wildman–Crippen MR) is 60.4 cm³/mol. The minimum Gasteiger partial charge on any atom is -0.494 e. The predicted octanol–water partition coefficient (Wildman–Crippen LogP) is 2.64. The molecule has 2 aromatic heterocycles. The van der Waals surface area contributed by atoms with Crippen molar-refractivity contribution in [1.29, 1.82) is 0 Å². The van der Waals surface area contributed by atoms with Gasteiger partial charge in [0.15, 0.2) is 0 Å². The molecule has 0 fully saturated rings. The van der Waals surface area contributed by atoms with Crippen molar-refractivity contribution >= 4 is 5.52 Å². The Kier molecular flexibility index (Phi) is 2.18. The van der Waals surface area contributed by atoms with Gasteiger partial charge in [0.25, 0.3) is 0 Å². The molecule has 0 spiro atoms. The Morgan fingerprint density at radius 2 is 2.07 bits per heavy atom. The van der Waals surface area contributed by atoms with Gasteiger partial charge in [0.2, 0.25) is 0 Å². The van der Waals surface area contributed by atoms with E-state index >= 15 is 0 Å². The van der Waals surface area contributed by atoms with Crippen molar-refractivity contribution in [2.24, 2.45) is 0 Å². The summed E-state index contributed by atoms with van der Waals surface area (Å²) in [7, 11) is 1.69. The summed E-state index contributed by atoms with van der Waals surface area (Å²) in [6, 6.07) is 3.90. The molecule has 0 atom stereocenters. The molecule has 15 heavy (non-hydrogen) atoms. The van der Waals surface area contributed by atoms with Gasteiger partial charge in [-0.2, -0.15) is 5.10 Å². The Balaban J connectivity index is 2.77. The zero-order chi connectivity index (χ0) is 11.1. The van der Waals surface area contributed by atoms with E-state index in [0.717, 1.165) is 11.3 Å². The first-order chi connectivity index (χ1) is 7.04. The first-order valence-electron chi connectivity index (χ1n) is 5.05. The minimum atomic E-state index is 0.0797. The van der Waals surface area contributed by atoms with E-state index in [1.54, 1.807) is 7.11 Å². The molecule has 3 heteroatoms. The number of hydrogen-bond donors (Lipinski definition) is 0. The molecular formula is C12H16N2O. The third-order valence-electron chi connectivity index (χ3n) is 2.53. The van der Waals surface area contributed by atoms with Crippen LogP contribution in [0.2, 0.25) is 0 Å². The SMILES string of the molecule is COc1cccn2ncc(C(C)(C)C)c12. The molecule has 0 aromatic carbocycles. The van der Waals surface area contributed by atoms with Gasteiger partial charge in [-0.1, -0.05) is 20.8 Å². The van der Waals surface area contributed by atoms with Gasteiger partial charge in [-0.3, -0.25) is 0 Å². The third kappa shape index (κ3) is 1.58. The van der Waals surface area contributed by atoms with E-state index < -0.39 is 0 Å². The number of aromatic nitrogens is 2. The maximum atomic E-state index is 5.36. The fourth-order valence-electron chi connectivity index (χ4n) is 1.73. The number of ether oxygens (including phenoxy) is 1. The van der Waals surface area contributed by atoms with Crippen molar-refractivity contribution in [2.75, 3.05) is 7.11 Å². The van der Waals surface area contributed by atoms with Gasteiger partial charge in [0.05, 0.1) is 13.3 Å². The highest BCUT2D eigenvalue weighted by molar-refractivity contribution is 5.66. The van der Waals surface area contributed by atoms with Gasteiger partial charge in [0, 0.05) is 11.8 Å². The summed E-state index contributed by atoms with van der Waals surface area (Å²) in [6.07, 6.45) is 3.85. The van der Waals surface area contributed by atoms with Crippen LogP contribution in [0.1, 0.15) is 26.3 Å². The molecule has 0 bridgehead atoms. The standard InChI is InChI=1S/C12H16N2O/c1-12(2,3)9-8-13-14-7-5-6-10(15-4)11(9)14/h5-8H,1-4H3. The molecule has 0 aliphatic rings. The molecule has 0 aliphatic heterocycles. The molecule has 2 rings (SSSR count). The molecule has 2 heterocycles. The van der Waals surface area contributed by atoms with Gasteiger partial charge >= 0.3 is 0 Å². The normalized spacial score (nSPS) is 12.0. The Bertz CT molecular complexity index is 480. The van der Waals surface area contributed by atoms with Crippen LogP contribution in [-0.4, -0.2) is 16.7 Å². The molecule has 3 nitrogen and oxygen atoms in total. The minimum absolute atomic E-state index is 0.0797. The van der Waals surface area contributed by atoms with Crippen LogP contribution < -0.4 is 4.74 Å². The molecule has 0 saturated carbocycles. The fourth-order valence-corrected chi connectivity index (χ4v) is 1.73. The molecule has 0 aliphatic carbocycles. The van der Waals surface area contributed by atoms with E-state index in [1.807, 2.05) is 29.0 Å². The van der Waals surface area contributed by atoms with Crippen molar-refractivity contribution in [3.05, 3.63) is 30.1 Å². The highest BCUT2D eigenvalue weighted by atomic mass is 16.5. The topological polar surface area (TPSA) is 26.5 Å². The highest BCUT2D eigenvalue weighted by Crippen LogP contribution is 2.31. The van der Waals surface area contributed by atoms with Crippen LogP contribution in [-0.2, 0) is 5.41 Å². The van der Waals surface area contributed by atoms with Crippen LogP contribution >= 0.6 is 0 Å². The molecule has 0 N–H and O–H groups in total. The lowest BCUT2D eigenvalue weighted by molar-refractivity contribution is 0.416. The molecule has 80 valence electrons. The third-order valence-corrected chi connectivity index (χ3v) is 2.53. The van der Waals surface area contributed by atoms with Crippen LogP contribution in [0, 0.1) is 0 Å². The smallest absolute Gasteiger partial charge is 0.144 e. The van der Waals surface area contributed by atoms with E-state index in [2.05, 4.69) is 25.9 Å². The maximum Gasteiger partial charge on any atom is 0.144 e. The molecule has 0 radical (unpaired) electrons. The Labute approximate surface area is 89.7 Å². The Hall–Kier alpha value is -1.51. The van der Waals surface area contributed by atoms with Crippen LogP contribution in [0.5, 0.6) is 5.75 Å². The zero-order valence-electron chi connectivity index (χ0n) is 9.61. The Morgan fingerprint density at radius 3 is 2.67 bits per heavy atom. The van der Waals surface area contributed by atoms with E-state index in [0.29, 0.717) is 0 Å². The highest BCUT2D eigenvalue weighted by Gasteiger charge is 2.20. The maximum absolute atomic E-state index is 5.36. The zero-order valence-corrected chi connectivity index (χ0v) is 9.61. The van der Waals surface area contributed by atoms with Crippen molar-refractivity contribution < 1.29 is 4.74 Å². The van der Waals surface area contributed by atoms with Crippen molar-refractivity contribution in [3.63, 3.8) is 0 Å². The summed E-state index contributed by atoms with van der Waals surface area (Å²) in [6.45, 7) is 6.53. The van der Waals surface area contributed by atoms with Gasteiger partial charge < -0.3 is 4.74 Å². The fraction of sp³-hybridized carbons (Fsp3) is 0.417. The molecule has 2 aromatic rings. The number of fused-ring (bicyclic) bond motifs is 1. The number of rotatable bonds is 1. The summed E-state index contributed by atoms with van der Waals surface area (Å²) < 4.78 is 7.22. The average molecular weight is 204 g/mol. The summed E-state index contributed by atoms with van der Waals surface area (Å²) >= 11 is 0. The summed E-state index contributed by atoms with van der Waals surface area (Å²) in [4.78, 5) is 0. The lowest BCUT2D eigenvalue weighted by atomic mass is 9.88. The lowest BCUT2D eigenvalue weighted by Gasteiger charge is -2.17. The van der Waals surface area contributed by atoms with Gasteiger partial charge in [-0.25, -0.2) is 4.52 Å². The average Bonchev–Trinajstić information content (AvgIpc) is 2.59. The van der Waals surface area contributed by atoms with E-state index in [1.165, 1.54) is 5.56 Å².